The number of carbonyl (C=O) groups excluding carboxylic acids is 1. The molecule has 2 aromatic rings. The van der Waals surface area contributed by atoms with Crippen LogP contribution in [0.5, 0.6) is 0 Å². The average Bonchev–Trinajstić information content (AvgIpc) is 3.04. The monoisotopic (exact) mass is 356 g/mol. The molecule has 1 aromatic heterocycles. The van der Waals surface area contributed by atoms with Gasteiger partial charge in [-0.05, 0) is 37.5 Å². The summed E-state index contributed by atoms with van der Waals surface area (Å²) in [5.41, 5.74) is 2.96. The van der Waals surface area contributed by atoms with Crippen molar-refractivity contribution in [2.24, 2.45) is 0 Å². The Morgan fingerprint density at radius 1 is 1.19 bits per heavy atom. The Morgan fingerprint density at radius 2 is 1.96 bits per heavy atom. The van der Waals surface area contributed by atoms with Crippen LogP contribution in [-0.4, -0.2) is 53.0 Å². The summed E-state index contributed by atoms with van der Waals surface area (Å²) in [6, 6.07) is 6.55. The van der Waals surface area contributed by atoms with Crippen LogP contribution in [0.4, 0.5) is 4.79 Å². The molecular weight excluding hydrogens is 328 g/mol. The van der Waals surface area contributed by atoms with Crippen LogP contribution in [0.25, 0.3) is 11.1 Å². The fourth-order valence-corrected chi connectivity index (χ4v) is 3.97. The van der Waals surface area contributed by atoms with Gasteiger partial charge in [0.15, 0.2) is 5.58 Å². The molecule has 2 amide bonds. The standard InChI is InChI=1S/C20H28N4O2/c1-15-7-8-18-17(13-15)22-19(26-18)14-23-9-11-24(12-10-23)20(25)21-16-5-3-2-4-6-16/h7-8,13,16H,2-6,9-12,14H2,1H3,(H,21,25). The van der Waals surface area contributed by atoms with Crippen molar-refractivity contribution in [2.75, 3.05) is 26.2 Å². The summed E-state index contributed by atoms with van der Waals surface area (Å²) in [6.07, 6.45) is 6.04. The highest BCUT2D eigenvalue weighted by Gasteiger charge is 2.24. The summed E-state index contributed by atoms with van der Waals surface area (Å²) >= 11 is 0. The van der Waals surface area contributed by atoms with Gasteiger partial charge in [-0.2, -0.15) is 0 Å². The lowest BCUT2D eigenvalue weighted by Crippen LogP contribution is -2.53. The van der Waals surface area contributed by atoms with Gasteiger partial charge in [-0.1, -0.05) is 25.3 Å². The smallest absolute Gasteiger partial charge is 0.317 e. The minimum Gasteiger partial charge on any atom is -0.439 e. The van der Waals surface area contributed by atoms with Crippen molar-refractivity contribution in [1.29, 1.82) is 0 Å². The predicted octanol–water partition coefficient (Wildman–Crippen LogP) is 3.30. The van der Waals surface area contributed by atoms with Crippen LogP contribution in [0.2, 0.25) is 0 Å². The van der Waals surface area contributed by atoms with Crippen molar-refractivity contribution in [2.45, 2.75) is 51.6 Å². The zero-order valence-corrected chi connectivity index (χ0v) is 15.5. The molecule has 0 unspecified atom stereocenters. The van der Waals surface area contributed by atoms with Crippen molar-refractivity contribution in [1.82, 2.24) is 20.1 Å². The van der Waals surface area contributed by atoms with Gasteiger partial charge in [-0.25, -0.2) is 9.78 Å². The van der Waals surface area contributed by atoms with Gasteiger partial charge >= 0.3 is 6.03 Å². The fraction of sp³-hybridized carbons (Fsp3) is 0.600. The van der Waals surface area contributed by atoms with Gasteiger partial charge in [0.2, 0.25) is 5.89 Å². The van der Waals surface area contributed by atoms with Crippen molar-refractivity contribution in [3.63, 3.8) is 0 Å². The molecule has 1 aliphatic heterocycles. The summed E-state index contributed by atoms with van der Waals surface area (Å²) in [5, 5.41) is 3.21. The van der Waals surface area contributed by atoms with Gasteiger partial charge in [-0.3, -0.25) is 4.90 Å². The number of benzene rings is 1. The van der Waals surface area contributed by atoms with Crippen LogP contribution < -0.4 is 5.32 Å². The molecule has 0 bridgehead atoms. The molecule has 1 aliphatic carbocycles. The lowest BCUT2D eigenvalue weighted by molar-refractivity contribution is 0.126. The number of rotatable bonds is 3. The first-order valence-electron chi connectivity index (χ1n) is 9.81. The number of aryl methyl sites for hydroxylation is 1. The van der Waals surface area contributed by atoms with Gasteiger partial charge < -0.3 is 14.6 Å². The van der Waals surface area contributed by atoms with E-state index >= 15 is 0 Å². The number of nitrogens with one attached hydrogen (secondary N) is 1. The van der Waals surface area contributed by atoms with E-state index in [1.807, 2.05) is 17.0 Å². The summed E-state index contributed by atoms with van der Waals surface area (Å²) in [5.74, 6) is 0.755. The van der Waals surface area contributed by atoms with E-state index in [0.717, 1.165) is 56.0 Å². The minimum absolute atomic E-state index is 0.105. The number of urea groups is 1. The first-order valence-corrected chi connectivity index (χ1v) is 9.81. The SMILES string of the molecule is Cc1ccc2oc(CN3CCN(C(=O)NC4CCCCC4)CC3)nc2c1. The third-order valence-corrected chi connectivity index (χ3v) is 5.54. The normalized spacial score (nSPS) is 19.8. The lowest BCUT2D eigenvalue weighted by atomic mass is 9.96. The van der Waals surface area contributed by atoms with Crippen LogP contribution in [0, 0.1) is 6.92 Å². The molecule has 0 atom stereocenters. The van der Waals surface area contributed by atoms with Gasteiger partial charge in [0.1, 0.15) is 5.52 Å². The Labute approximate surface area is 154 Å². The molecule has 2 heterocycles. The second-order valence-corrected chi connectivity index (χ2v) is 7.63. The summed E-state index contributed by atoms with van der Waals surface area (Å²) in [4.78, 5) is 21.3. The first-order chi connectivity index (χ1) is 12.7. The molecule has 1 saturated carbocycles. The molecule has 26 heavy (non-hydrogen) atoms. The molecule has 6 heteroatoms. The maximum Gasteiger partial charge on any atom is 0.317 e. The fourth-order valence-electron chi connectivity index (χ4n) is 3.97. The highest BCUT2D eigenvalue weighted by Crippen LogP contribution is 2.19. The number of nitrogens with zero attached hydrogens (tertiary/aromatic N) is 3. The van der Waals surface area contributed by atoms with E-state index in [1.54, 1.807) is 0 Å². The largest absolute Gasteiger partial charge is 0.439 e. The van der Waals surface area contributed by atoms with E-state index in [1.165, 1.54) is 24.8 Å². The number of hydrogen-bond acceptors (Lipinski definition) is 4. The van der Waals surface area contributed by atoms with E-state index in [4.69, 9.17) is 4.42 Å². The molecule has 4 rings (SSSR count). The van der Waals surface area contributed by atoms with Crippen molar-refractivity contribution in [3.05, 3.63) is 29.7 Å². The Balaban J connectivity index is 1.28. The van der Waals surface area contributed by atoms with Gasteiger partial charge in [0.25, 0.3) is 0 Å². The number of oxazole rings is 1. The van der Waals surface area contributed by atoms with E-state index in [0.29, 0.717) is 12.6 Å². The molecule has 2 fully saturated rings. The van der Waals surface area contributed by atoms with E-state index in [-0.39, 0.29) is 6.03 Å². The zero-order chi connectivity index (χ0) is 17.9. The van der Waals surface area contributed by atoms with Gasteiger partial charge in [-0.15, -0.1) is 0 Å². The number of carbonyl (C=O) groups is 1. The number of hydrogen-bond donors (Lipinski definition) is 1. The zero-order valence-electron chi connectivity index (χ0n) is 15.5. The highest BCUT2D eigenvalue weighted by molar-refractivity contribution is 5.74. The third-order valence-electron chi connectivity index (χ3n) is 5.54. The van der Waals surface area contributed by atoms with Crippen molar-refractivity contribution in [3.8, 4) is 0 Å². The van der Waals surface area contributed by atoms with Crippen LogP contribution in [0.1, 0.15) is 43.6 Å². The van der Waals surface area contributed by atoms with Crippen LogP contribution in [0.15, 0.2) is 22.6 Å². The van der Waals surface area contributed by atoms with Crippen LogP contribution >= 0.6 is 0 Å². The molecule has 140 valence electrons. The van der Waals surface area contributed by atoms with E-state index in [2.05, 4.69) is 28.2 Å². The third kappa shape index (κ3) is 4.01. The molecule has 2 aliphatic rings. The maximum absolute atomic E-state index is 12.4. The Morgan fingerprint density at radius 3 is 2.73 bits per heavy atom. The Kier molecular flexibility index (Phi) is 5.11. The highest BCUT2D eigenvalue weighted by atomic mass is 16.3. The Hall–Kier alpha value is -2.08. The van der Waals surface area contributed by atoms with Crippen LogP contribution in [0.3, 0.4) is 0 Å². The molecule has 6 nitrogen and oxygen atoms in total. The summed E-state index contributed by atoms with van der Waals surface area (Å²) in [7, 11) is 0. The predicted molar refractivity (Wildman–Crippen MR) is 101 cm³/mol. The van der Waals surface area contributed by atoms with Crippen molar-refractivity contribution >= 4 is 17.1 Å². The lowest BCUT2D eigenvalue weighted by Gasteiger charge is -2.35. The van der Waals surface area contributed by atoms with E-state index in [9.17, 15) is 4.79 Å². The molecule has 1 aromatic carbocycles. The number of aromatic nitrogens is 1. The molecule has 0 radical (unpaired) electrons. The maximum atomic E-state index is 12.4. The average molecular weight is 356 g/mol. The first kappa shape index (κ1) is 17.3. The molecule has 0 spiro atoms. The van der Waals surface area contributed by atoms with Crippen molar-refractivity contribution < 1.29 is 9.21 Å². The molecule has 1 N–H and O–H groups in total. The van der Waals surface area contributed by atoms with Crippen LogP contribution in [-0.2, 0) is 6.54 Å². The van der Waals surface area contributed by atoms with Gasteiger partial charge in [0.05, 0.1) is 6.54 Å². The summed E-state index contributed by atoms with van der Waals surface area (Å²) in [6.45, 7) is 6.00. The molecule has 1 saturated heterocycles. The van der Waals surface area contributed by atoms with E-state index < -0.39 is 0 Å². The minimum atomic E-state index is 0.105. The topological polar surface area (TPSA) is 61.6 Å². The summed E-state index contributed by atoms with van der Waals surface area (Å²) < 4.78 is 5.85. The second kappa shape index (κ2) is 7.66. The number of piperazine rings is 1. The second-order valence-electron chi connectivity index (χ2n) is 7.63. The number of amides is 2. The van der Waals surface area contributed by atoms with Gasteiger partial charge in [0, 0.05) is 32.2 Å². The quantitative estimate of drug-likeness (QED) is 0.917. The molecular formula is C20H28N4O2. The number of fused-ring (bicyclic) bond motifs is 1. The Bertz CT molecular complexity index is 758.